The topological polar surface area (TPSA) is 79.3 Å². The van der Waals surface area contributed by atoms with E-state index in [1.165, 1.54) is 22.5 Å². The van der Waals surface area contributed by atoms with Gasteiger partial charge in [0.1, 0.15) is 0 Å². The van der Waals surface area contributed by atoms with Crippen molar-refractivity contribution in [2.45, 2.75) is 52.9 Å². The van der Waals surface area contributed by atoms with Gasteiger partial charge in [-0.15, -0.1) is 11.3 Å². The van der Waals surface area contributed by atoms with Crippen molar-refractivity contribution >= 4 is 28.3 Å². The summed E-state index contributed by atoms with van der Waals surface area (Å²) in [7, 11) is 0. The minimum Gasteiger partial charge on any atom is -0.481 e. The maximum Gasteiger partial charge on any atom is 0.307 e. The van der Waals surface area contributed by atoms with E-state index in [-0.39, 0.29) is 23.2 Å². The lowest BCUT2D eigenvalue weighted by Crippen LogP contribution is -2.37. The molecule has 2 bridgehead atoms. The summed E-state index contributed by atoms with van der Waals surface area (Å²) in [6.45, 7) is 10.6. The van der Waals surface area contributed by atoms with Crippen LogP contribution in [0.3, 0.4) is 0 Å². The molecular weight excluding hydrogens is 408 g/mol. The highest BCUT2D eigenvalue weighted by Gasteiger charge is 2.57. The summed E-state index contributed by atoms with van der Waals surface area (Å²) < 4.78 is 0. The number of carbonyl (C=O) groups excluding carboxylic acids is 1. The summed E-state index contributed by atoms with van der Waals surface area (Å²) >= 11 is 1.38. The highest BCUT2D eigenvalue weighted by atomic mass is 32.1. The number of hydrogen-bond acceptors (Lipinski definition) is 4. The van der Waals surface area contributed by atoms with E-state index in [0.717, 1.165) is 29.7 Å². The number of hydrogen-bond donors (Lipinski definition) is 2. The van der Waals surface area contributed by atoms with Crippen molar-refractivity contribution in [2.24, 2.45) is 23.7 Å². The van der Waals surface area contributed by atoms with Crippen LogP contribution in [0.2, 0.25) is 0 Å². The van der Waals surface area contributed by atoms with Crippen molar-refractivity contribution in [1.82, 2.24) is 4.98 Å². The van der Waals surface area contributed by atoms with Gasteiger partial charge >= 0.3 is 5.97 Å². The molecule has 0 aliphatic heterocycles. The van der Waals surface area contributed by atoms with Crippen LogP contribution in [0.15, 0.2) is 40.8 Å². The van der Waals surface area contributed by atoms with Gasteiger partial charge in [0, 0.05) is 10.9 Å². The van der Waals surface area contributed by atoms with E-state index >= 15 is 0 Å². The van der Waals surface area contributed by atoms with Gasteiger partial charge in [-0.05, 0) is 49.5 Å². The van der Waals surface area contributed by atoms with Crippen LogP contribution in [0.4, 0.5) is 5.13 Å². The predicted molar refractivity (Wildman–Crippen MR) is 124 cm³/mol. The number of allylic oxidation sites excluding steroid dienone is 2. The van der Waals surface area contributed by atoms with Crippen LogP contribution in [-0.4, -0.2) is 22.0 Å². The molecule has 164 valence electrons. The summed E-state index contributed by atoms with van der Waals surface area (Å²) in [5.74, 6) is -2.25. The Bertz CT molecular complexity index is 1040. The molecule has 2 aliphatic carbocycles. The van der Waals surface area contributed by atoms with Crippen molar-refractivity contribution in [3.63, 3.8) is 0 Å². The maximum absolute atomic E-state index is 13.2. The van der Waals surface area contributed by atoms with Gasteiger partial charge in [0.05, 0.1) is 17.5 Å². The van der Waals surface area contributed by atoms with E-state index in [2.05, 4.69) is 55.3 Å². The molecule has 0 unspecified atom stereocenters. The fourth-order valence-corrected chi connectivity index (χ4v) is 6.12. The maximum atomic E-state index is 13.2. The van der Waals surface area contributed by atoms with E-state index in [4.69, 9.17) is 0 Å². The molecule has 6 heteroatoms. The van der Waals surface area contributed by atoms with Crippen LogP contribution in [0.1, 0.15) is 53.0 Å². The van der Waals surface area contributed by atoms with Crippen LogP contribution < -0.4 is 5.32 Å². The lowest BCUT2D eigenvalue weighted by Gasteiger charge is -2.25. The van der Waals surface area contributed by atoms with Crippen molar-refractivity contribution in [2.75, 3.05) is 5.32 Å². The molecule has 1 aromatic heterocycles. The molecule has 5 nitrogen and oxygen atoms in total. The first kappa shape index (κ1) is 21.8. The van der Waals surface area contributed by atoms with Gasteiger partial charge in [-0.1, -0.05) is 56.2 Å². The van der Waals surface area contributed by atoms with Gasteiger partial charge in [-0.3, -0.25) is 9.59 Å². The quantitative estimate of drug-likeness (QED) is 0.597. The second-order valence-electron chi connectivity index (χ2n) is 9.99. The van der Waals surface area contributed by atoms with E-state index in [0.29, 0.717) is 5.13 Å². The highest BCUT2D eigenvalue weighted by molar-refractivity contribution is 7.14. The van der Waals surface area contributed by atoms with Crippen molar-refractivity contribution < 1.29 is 14.7 Å². The third kappa shape index (κ3) is 3.93. The normalized spacial score (nSPS) is 25.0. The summed E-state index contributed by atoms with van der Waals surface area (Å²) in [5, 5.41) is 15.2. The molecule has 2 fully saturated rings. The number of carboxylic acids is 1. The molecule has 4 rings (SSSR count). The SMILES string of the molecule is CC(C)=C1[C@@H]2CC[C@@H]1[C@@H](C(=O)Nc1nc(-c3ccc(C(C)(C)C)cc3)cs1)[C@H]2C(=O)O. The molecule has 1 aromatic carbocycles. The summed E-state index contributed by atoms with van der Waals surface area (Å²) in [4.78, 5) is 29.8. The Kier molecular flexibility index (Phi) is 5.54. The van der Waals surface area contributed by atoms with E-state index in [9.17, 15) is 14.7 Å². The summed E-state index contributed by atoms with van der Waals surface area (Å²) in [5.41, 5.74) is 5.50. The second kappa shape index (κ2) is 7.90. The molecular formula is C25H30N2O3S. The molecule has 2 N–H and O–H groups in total. The number of aliphatic carboxylic acids is 1. The Morgan fingerprint density at radius 3 is 2.23 bits per heavy atom. The number of nitrogens with one attached hydrogen (secondary N) is 1. The zero-order valence-electron chi connectivity index (χ0n) is 18.7. The molecule has 0 spiro atoms. The zero-order valence-corrected chi connectivity index (χ0v) is 19.5. The molecule has 1 heterocycles. The predicted octanol–water partition coefficient (Wildman–Crippen LogP) is 5.74. The number of carboxylic acid groups (broad SMARTS) is 1. The van der Waals surface area contributed by atoms with Gasteiger partial charge < -0.3 is 10.4 Å². The Morgan fingerprint density at radius 1 is 1.06 bits per heavy atom. The fraction of sp³-hybridized carbons (Fsp3) is 0.480. The summed E-state index contributed by atoms with van der Waals surface area (Å²) in [6.07, 6.45) is 1.74. The van der Waals surface area contributed by atoms with Gasteiger partial charge in [0.25, 0.3) is 0 Å². The third-order valence-corrected chi connectivity index (χ3v) is 7.55. The number of anilines is 1. The Balaban J connectivity index is 1.53. The average molecular weight is 439 g/mol. The van der Waals surface area contributed by atoms with Crippen molar-refractivity contribution in [3.05, 3.63) is 46.4 Å². The Labute approximate surface area is 187 Å². The van der Waals surface area contributed by atoms with E-state index in [1.54, 1.807) is 0 Å². The van der Waals surface area contributed by atoms with Crippen LogP contribution in [0, 0.1) is 23.7 Å². The molecule has 1 amide bonds. The lowest BCUT2D eigenvalue weighted by atomic mass is 9.79. The first-order valence-corrected chi connectivity index (χ1v) is 11.7. The molecule has 2 aromatic rings. The molecule has 2 aliphatic rings. The van der Waals surface area contributed by atoms with Gasteiger partial charge in [-0.25, -0.2) is 4.98 Å². The number of amides is 1. The second-order valence-corrected chi connectivity index (χ2v) is 10.8. The van der Waals surface area contributed by atoms with Crippen LogP contribution in [0.5, 0.6) is 0 Å². The minimum absolute atomic E-state index is 0.0172. The van der Waals surface area contributed by atoms with Gasteiger partial charge in [0.2, 0.25) is 5.91 Å². The minimum atomic E-state index is -0.870. The van der Waals surface area contributed by atoms with Crippen molar-refractivity contribution in [1.29, 1.82) is 0 Å². The highest BCUT2D eigenvalue weighted by Crippen LogP contribution is 2.57. The molecule has 2 saturated carbocycles. The first-order valence-electron chi connectivity index (χ1n) is 10.9. The summed E-state index contributed by atoms with van der Waals surface area (Å²) in [6, 6.07) is 8.33. The van der Waals surface area contributed by atoms with E-state index < -0.39 is 17.8 Å². The number of fused-ring (bicyclic) bond motifs is 2. The fourth-order valence-electron chi connectivity index (χ4n) is 5.40. The zero-order chi connectivity index (χ0) is 22.5. The monoisotopic (exact) mass is 438 g/mol. The number of aromatic nitrogens is 1. The first-order chi connectivity index (χ1) is 14.6. The number of thiazole rings is 1. The molecule has 0 radical (unpaired) electrons. The molecule has 31 heavy (non-hydrogen) atoms. The van der Waals surface area contributed by atoms with Crippen molar-refractivity contribution in [3.8, 4) is 11.3 Å². The van der Waals surface area contributed by atoms with Crippen LogP contribution in [0.25, 0.3) is 11.3 Å². The van der Waals surface area contributed by atoms with Gasteiger partial charge in [0.15, 0.2) is 5.13 Å². The standard InChI is InChI=1S/C25H30N2O3S/c1-13(2)19-16-10-11-17(19)21(23(29)30)20(16)22(28)27-24-26-18(12-31-24)14-6-8-15(9-7-14)25(3,4)5/h6-9,12,16-17,20-21H,10-11H2,1-5H3,(H,29,30)(H,26,27,28)/t16-,17-,20+,21-/m0/s1. The average Bonchev–Trinajstić information content (AvgIpc) is 3.40. The number of nitrogens with zero attached hydrogens (tertiary/aromatic N) is 1. The lowest BCUT2D eigenvalue weighted by molar-refractivity contribution is -0.148. The Hall–Kier alpha value is -2.47. The third-order valence-electron chi connectivity index (χ3n) is 6.79. The number of benzene rings is 1. The number of carbonyl (C=O) groups is 2. The van der Waals surface area contributed by atoms with E-state index in [1.807, 2.05) is 19.2 Å². The van der Waals surface area contributed by atoms with Crippen LogP contribution in [-0.2, 0) is 15.0 Å². The van der Waals surface area contributed by atoms with Gasteiger partial charge in [-0.2, -0.15) is 0 Å². The number of rotatable bonds is 4. The largest absolute Gasteiger partial charge is 0.481 e. The smallest absolute Gasteiger partial charge is 0.307 e. The molecule has 0 saturated heterocycles. The Morgan fingerprint density at radius 2 is 1.68 bits per heavy atom. The van der Waals surface area contributed by atoms with Crippen LogP contribution >= 0.6 is 11.3 Å². The molecule has 4 atom stereocenters.